The maximum atomic E-state index is 12.4. The van der Waals surface area contributed by atoms with E-state index in [4.69, 9.17) is 18.5 Å². The zero-order valence-electron chi connectivity index (χ0n) is 37.3. The molecule has 61 heavy (non-hydrogen) atoms. The van der Waals surface area contributed by atoms with Gasteiger partial charge in [0.15, 0.2) is 0 Å². The lowest BCUT2D eigenvalue weighted by atomic mass is 10.1. The third-order valence-electron chi connectivity index (χ3n) is 8.67. The predicted molar refractivity (Wildman–Crippen MR) is 251 cm³/mol. The highest BCUT2D eigenvalue weighted by molar-refractivity contribution is 7.47. The van der Waals surface area contributed by atoms with Crippen LogP contribution in [0, 0.1) is 0 Å². The number of aliphatic hydroxyl groups is 2. The summed E-state index contributed by atoms with van der Waals surface area (Å²) < 4.78 is 32.6. The summed E-state index contributed by atoms with van der Waals surface area (Å²) >= 11 is 0. The molecule has 0 aromatic carbocycles. The summed E-state index contributed by atoms with van der Waals surface area (Å²) in [5, 5.41) is 19.2. The molecular weight excluding hydrogens is 792 g/mol. The highest BCUT2D eigenvalue weighted by Gasteiger charge is 2.27. The van der Waals surface area contributed by atoms with Crippen molar-refractivity contribution in [1.82, 2.24) is 0 Å². The number of ether oxygens (including phenoxy) is 2. The summed E-state index contributed by atoms with van der Waals surface area (Å²) in [6.45, 7) is 1.87. The number of phosphoric ester groups is 1. The summed E-state index contributed by atoms with van der Waals surface area (Å²) in [7, 11) is -4.67. The molecule has 0 aromatic rings. The third kappa shape index (κ3) is 42.8. The van der Waals surface area contributed by atoms with Crippen LogP contribution in [0.5, 0.6) is 0 Å². The Morgan fingerprint density at radius 2 is 0.721 bits per heavy atom. The number of unbranched alkanes of at least 4 members (excludes halogenated alkanes) is 6. The van der Waals surface area contributed by atoms with E-state index in [1.165, 1.54) is 0 Å². The minimum atomic E-state index is -4.67. The molecule has 0 aliphatic heterocycles. The molecule has 0 rings (SSSR count). The first-order valence-corrected chi connectivity index (χ1v) is 24.0. The van der Waals surface area contributed by atoms with Crippen molar-refractivity contribution in [2.75, 3.05) is 26.4 Å². The largest absolute Gasteiger partial charge is 0.472 e. The van der Waals surface area contributed by atoms with Crippen LogP contribution in [0.25, 0.3) is 0 Å². The Balaban J connectivity index is 4.05. The molecule has 10 nitrogen and oxygen atoms in total. The Morgan fingerprint density at radius 1 is 0.443 bits per heavy atom. The van der Waals surface area contributed by atoms with Gasteiger partial charge in [-0.05, 0) is 103 Å². The van der Waals surface area contributed by atoms with E-state index in [0.717, 1.165) is 103 Å². The summed E-state index contributed by atoms with van der Waals surface area (Å²) in [4.78, 5) is 34.6. The number of rotatable bonds is 40. The monoisotopic (exact) mass is 871 g/mol. The van der Waals surface area contributed by atoms with E-state index in [-0.39, 0.29) is 12.8 Å². The molecule has 344 valence electrons. The summed E-state index contributed by atoms with van der Waals surface area (Å²) in [5.74, 6) is -1.10. The second-order valence-corrected chi connectivity index (χ2v) is 15.7. The standard InChI is InChI=1S/C50H79O10P/c1-3-5-7-9-11-13-15-17-19-21-23-25-27-29-31-33-35-37-39-41-49(53)59-47(43-51)45-57-61(55,56)58-46-48(44-52)60-50(54)42-40-38-36-34-32-30-28-26-24-22-20-18-16-14-12-10-8-6-4-2/h5-8,11-14,17-20,23-26,29-32,47-48,51-52H,3-4,9-10,15-16,21-22,27-28,33-46H2,1-2H3,(H,55,56)/b7-5-,8-6-,13-11-,14-12-,19-17-,20-18-,25-23-,26-24-,31-29-,32-30-. The van der Waals surface area contributed by atoms with Crippen LogP contribution in [0.2, 0.25) is 0 Å². The van der Waals surface area contributed by atoms with Gasteiger partial charge in [0.2, 0.25) is 0 Å². The van der Waals surface area contributed by atoms with Gasteiger partial charge in [-0.2, -0.15) is 0 Å². The summed E-state index contributed by atoms with van der Waals surface area (Å²) in [6, 6.07) is 0. The van der Waals surface area contributed by atoms with E-state index in [1.807, 2.05) is 0 Å². The molecule has 0 spiro atoms. The SMILES string of the molecule is CC/C=C\C/C=C\C/C=C\C/C=C\C/C=C\CCCCCC(=O)OC(CO)COP(=O)(O)OCC(CO)OC(=O)CCCCC/C=C\C/C=C\C/C=C\C/C=C\C/C=C\CC. The van der Waals surface area contributed by atoms with Crippen LogP contribution in [0.3, 0.4) is 0 Å². The smallest absolute Gasteiger partial charge is 0.457 e. The zero-order chi connectivity index (χ0) is 44.8. The number of phosphoric acid groups is 1. The Morgan fingerprint density at radius 3 is 1.00 bits per heavy atom. The van der Waals surface area contributed by atoms with Crippen LogP contribution < -0.4 is 0 Å². The zero-order valence-corrected chi connectivity index (χ0v) is 38.2. The van der Waals surface area contributed by atoms with E-state index in [1.54, 1.807) is 0 Å². The molecule has 11 heteroatoms. The molecule has 0 heterocycles. The van der Waals surface area contributed by atoms with Crippen molar-refractivity contribution in [3.05, 3.63) is 122 Å². The van der Waals surface area contributed by atoms with Gasteiger partial charge in [-0.25, -0.2) is 4.57 Å². The highest BCUT2D eigenvalue weighted by Crippen LogP contribution is 2.43. The Bertz CT molecular complexity index is 1320. The quantitative estimate of drug-likeness (QED) is 0.0235. The van der Waals surface area contributed by atoms with Gasteiger partial charge in [0.05, 0.1) is 26.4 Å². The first kappa shape index (κ1) is 57.4. The molecular formula is C50H79O10P. The number of hydrogen-bond donors (Lipinski definition) is 3. The Labute approximate surface area is 368 Å². The number of hydrogen-bond acceptors (Lipinski definition) is 9. The van der Waals surface area contributed by atoms with Gasteiger partial charge in [0.25, 0.3) is 0 Å². The van der Waals surface area contributed by atoms with Gasteiger partial charge in [0, 0.05) is 12.8 Å². The fourth-order valence-corrected chi connectivity index (χ4v) is 6.07. The topological polar surface area (TPSA) is 149 Å². The van der Waals surface area contributed by atoms with Crippen molar-refractivity contribution in [1.29, 1.82) is 0 Å². The van der Waals surface area contributed by atoms with E-state index in [0.29, 0.717) is 12.8 Å². The number of aliphatic hydroxyl groups excluding tert-OH is 2. The molecule has 3 N–H and O–H groups in total. The van der Waals surface area contributed by atoms with Crippen molar-refractivity contribution in [2.45, 2.75) is 154 Å². The minimum Gasteiger partial charge on any atom is -0.457 e. The number of allylic oxidation sites excluding steroid dienone is 20. The van der Waals surface area contributed by atoms with E-state index in [9.17, 15) is 29.3 Å². The lowest BCUT2D eigenvalue weighted by molar-refractivity contribution is -0.153. The predicted octanol–water partition coefficient (Wildman–Crippen LogP) is 12.3. The molecule has 0 radical (unpaired) electrons. The number of esters is 2. The fourth-order valence-electron chi connectivity index (χ4n) is 5.28. The van der Waals surface area contributed by atoms with Crippen LogP contribution in [0.15, 0.2) is 122 Å². The first-order valence-electron chi connectivity index (χ1n) is 22.5. The molecule has 0 aliphatic carbocycles. The van der Waals surface area contributed by atoms with Crippen molar-refractivity contribution < 1.29 is 47.8 Å². The molecule has 0 fully saturated rings. The van der Waals surface area contributed by atoms with Crippen LogP contribution in [0.4, 0.5) is 0 Å². The van der Waals surface area contributed by atoms with Crippen molar-refractivity contribution in [2.24, 2.45) is 0 Å². The van der Waals surface area contributed by atoms with Crippen molar-refractivity contribution in [3.8, 4) is 0 Å². The number of carbonyl (C=O) groups is 2. The third-order valence-corrected chi connectivity index (χ3v) is 9.62. The normalized spacial score (nSPS) is 14.9. The van der Waals surface area contributed by atoms with Crippen LogP contribution >= 0.6 is 7.82 Å². The maximum absolute atomic E-state index is 12.4. The minimum absolute atomic E-state index is 0.142. The van der Waals surface area contributed by atoms with Crippen LogP contribution in [-0.4, -0.2) is 65.7 Å². The van der Waals surface area contributed by atoms with E-state index < -0.39 is 58.4 Å². The molecule has 0 saturated carbocycles. The van der Waals surface area contributed by atoms with Gasteiger partial charge in [0.1, 0.15) is 12.2 Å². The van der Waals surface area contributed by atoms with Crippen molar-refractivity contribution in [3.63, 3.8) is 0 Å². The van der Waals surface area contributed by atoms with Crippen LogP contribution in [-0.2, 0) is 32.7 Å². The lowest BCUT2D eigenvalue weighted by Gasteiger charge is -2.20. The van der Waals surface area contributed by atoms with Gasteiger partial charge >= 0.3 is 19.8 Å². The van der Waals surface area contributed by atoms with Gasteiger partial charge in [-0.3, -0.25) is 18.6 Å². The van der Waals surface area contributed by atoms with Crippen LogP contribution in [0.1, 0.15) is 142 Å². The molecule has 0 saturated heterocycles. The van der Waals surface area contributed by atoms with E-state index in [2.05, 4.69) is 135 Å². The average Bonchev–Trinajstić information content (AvgIpc) is 3.25. The van der Waals surface area contributed by atoms with Gasteiger partial charge in [-0.1, -0.05) is 148 Å². The first-order chi connectivity index (χ1) is 29.8. The second-order valence-electron chi connectivity index (χ2n) is 14.3. The molecule has 0 amide bonds. The highest BCUT2D eigenvalue weighted by atomic mass is 31.2. The van der Waals surface area contributed by atoms with E-state index >= 15 is 0 Å². The Hall–Kier alpha value is -3.63. The Kier molecular flexibility index (Phi) is 41.8. The van der Waals surface area contributed by atoms with Crippen molar-refractivity contribution >= 4 is 19.8 Å². The lowest BCUT2D eigenvalue weighted by Crippen LogP contribution is -2.28. The molecule has 0 bridgehead atoms. The van der Waals surface area contributed by atoms with Gasteiger partial charge in [-0.15, -0.1) is 0 Å². The fraction of sp³-hybridized carbons (Fsp3) is 0.560. The average molecular weight is 871 g/mol. The molecule has 0 aromatic heterocycles. The summed E-state index contributed by atoms with van der Waals surface area (Å²) in [5.41, 5.74) is 0. The molecule has 2 atom stereocenters. The molecule has 2 unspecified atom stereocenters. The summed E-state index contributed by atoms with van der Waals surface area (Å²) in [6.07, 6.45) is 57.4. The van der Waals surface area contributed by atoms with Gasteiger partial charge < -0.3 is 24.6 Å². The number of carbonyl (C=O) groups excluding carboxylic acids is 2. The second kappa shape index (κ2) is 44.4. The molecule has 0 aliphatic rings. The maximum Gasteiger partial charge on any atom is 0.472 e.